The Morgan fingerprint density at radius 1 is 1.15 bits per heavy atom. The predicted octanol–water partition coefficient (Wildman–Crippen LogP) is 2.37. The summed E-state index contributed by atoms with van der Waals surface area (Å²) in [6.07, 6.45) is 1.16. The number of carbonyl (C=O) groups is 3. The maximum Gasteiger partial charge on any atom is 0.255 e. The summed E-state index contributed by atoms with van der Waals surface area (Å²) < 4.78 is 34.7. The maximum absolute atomic E-state index is 13.0. The van der Waals surface area contributed by atoms with Crippen LogP contribution in [0.3, 0.4) is 0 Å². The summed E-state index contributed by atoms with van der Waals surface area (Å²) in [5.74, 6) is -0.334. The summed E-state index contributed by atoms with van der Waals surface area (Å²) >= 11 is 0. The predicted molar refractivity (Wildman–Crippen MR) is 124 cm³/mol. The number of nitrogens with one attached hydrogen (secondary N) is 1. The zero-order valence-electron chi connectivity index (χ0n) is 21.6. The van der Waals surface area contributed by atoms with Gasteiger partial charge in [-0.2, -0.15) is 0 Å². The molecule has 34 heavy (non-hydrogen) atoms. The van der Waals surface area contributed by atoms with Gasteiger partial charge in [0.05, 0.1) is 17.2 Å². The van der Waals surface area contributed by atoms with Crippen LogP contribution in [0.25, 0.3) is 0 Å². The molecule has 5 rings (SSSR count). The Balaban J connectivity index is 1.24. The summed E-state index contributed by atoms with van der Waals surface area (Å²) in [6, 6.07) is 12.0. The summed E-state index contributed by atoms with van der Waals surface area (Å²) in [4.78, 5) is 40.3. The van der Waals surface area contributed by atoms with Crippen LogP contribution in [-0.4, -0.2) is 53.2 Å². The standard InChI is InChI=1S/C26H27N3O5/c1-17-5-10-22(25(31)27-17)29-14-21-20(26(29)32)3-2-4-23(21)34-15-19-8-6-18(7-9-19)13-28-11-12-33-16-24(28)30/h2-4,6-9,22H,1,5,10-16H2,(H,27,31)/i11D2,12D. The third kappa shape index (κ3) is 4.41. The van der Waals surface area contributed by atoms with Gasteiger partial charge in [0.15, 0.2) is 0 Å². The van der Waals surface area contributed by atoms with E-state index < -0.39 is 25.0 Å². The molecule has 0 bridgehead atoms. The number of piperidine rings is 1. The molecule has 3 aliphatic rings. The van der Waals surface area contributed by atoms with Crippen LogP contribution < -0.4 is 10.1 Å². The van der Waals surface area contributed by atoms with Crippen LogP contribution in [0.1, 0.15) is 44.0 Å². The summed E-state index contributed by atoms with van der Waals surface area (Å²) in [7, 11) is 0. The maximum atomic E-state index is 13.0. The third-order valence-electron chi connectivity index (χ3n) is 6.21. The van der Waals surface area contributed by atoms with Crippen LogP contribution in [-0.2, 0) is 34.0 Å². The van der Waals surface area contributed by atoms with E-state index in [1.54, 1.807) is 35.2 Å². The minimum absolute atomic E-state index is 0.0257. The lowest BCUT2D eigenvalue weighted by atomic mass is 10.0. The Labute approximate surface area is 202 Å². The summed E-state index contributed by atoms with van der Waals surface area (Å²) in [6.45, 7) is 0.356. The minimum atomic E-state index is -2.22. The highest BCUT2D eigenvalue weighted by molar-refractivity contribution is 6.02. The van der Waals surface area contributed by atoms with Crippen molar-refractivity contribution in [2.45, 2.75) is 38.6 Å². The topological polar surface area (TPSA) is 88.2 Å². The van der Waals surface area contributed by atoms with Gasteiger partial charge in [0, 0.05) is 29.9 Å². The lowest BCUT2D eigenvalue weighted by molar-refractivity contribution is -0.143. The molecule has 1 N–H and O–H groups in total. The molecule has 0 radical (unpaired) electrons. The van der Waals surface area contributed by atoms with Gasteiger partial charge in [0.25, 0.3) is 5.91 Å². The SMILES string of the molecule is [2H]C1OCC(=O)N(Cc2ccc(COc3cccc4c3CN(C3CCC(=C)NC3=O)C4=O)cc2)C1([2H])[2H]. The molecule has 2 unspecified atom stereocenters. The van der Waals surface area contributed by atoms with Gasteiger partial charge in [0.1, 0.15) is 25.0 Å². The normalized spacial score (nSPS) is 25.4. The molecule has 0 aromatic heterocycles. The van der Waals surface area contributed by atoms with E-state index in [-0.39, 0.29) is 31.6 Å². The Morgan fingerprint density at radius 2 is 1.94 bits per heavy atom. The second kappa shape index (κ2) is 9.30. The first-order chi connectivity index (χ1) is 17.6. The summed E-state index contributed by atoms with van der Waals surface area (Å²) in [5, 5.41) is 2.74. The lowest BCUT2D eigenvalue weighted by Crippen LogP contribution is -2.49. The Bertz CT molecular complexity index is 1270. The van der Waals surface area contributed by atoms with Crippen molar-refractivity contribution in [1.29, 1.82) is 0 Å². The smallest absolute Gasteiger partial charge is 0.255 e. The molecule has 176 valence electrons. The number of ether oxygens (including phenoxy) is 2. The highest BCUT2D eigenvalue weighted by Gasteiger charge is 2.39. The molecule has 3 heterocycles. The number of benzene rings is 2. The molecule has 2 atom stereocenters. The van der Waals surface area contributed by atoms with Gasteiger partial charge in [-0.05, 0) is 36.1 Å². The van der Waals surface area contributed by atoms with Gasteiger partial charge in [-0.3, -0.25) is 14.4 Å². The number of rotatable bonds is 6. The molecule has 8 heteroatoms. The van der Waals surface area contributed by atoms with Crippen LogP contribution in [0.4, 0.5) is 0 Å². The van der Waals surface area contributed by atoms with E-state index in [0.717, 1.165) is 16.0 Å². The number of hydrogen-bond acceptors (Lipinski definition) is 5. The minimum Gasteiger partial charge on any atom is -0.489 e. The molecule has 0 spiro atoms. The van der Waals surface area contributed by atoms with Gasteiger partial charge in [-0.15, -0.1) is 0 Å². The first-order valence-corrected chi connectivity index (χ1v) is 11.1. The molecule has 2 fully saturated rings. The highest BCUT2D eigenvalue weighted by atomic mass is 16.5. The van der Waals surface area contributed by atoms with E-state index >= 15 is 0 Å². The fourth-order valence-electron chi connectivity index (χ4n) is 4.35. The summed E-state index contributed by atoms with van der Waals surface area (Å²) in [5.41, 5.74) is 3.51. The van der Waals surface area contributed by atoms with E-state index in [1.807, 2.05) is 12.1 Å². The molecule has 3 aliphatic heterocycles. The van der Waals surface area contributed by atoms with Gasteiger partial charge >= 0.3 is 0 Å². The number of amides is 3. The van der Waals surface area contributed by atoms with Crippen molar-refractivity contribution in [3.05, 3.63) is 77.0 Å². The highest BCUT2D eigenvalue weighted by Crippen LogP contribution is 2.34. The number of allylic oxidation sites excluding steroid dienone is 1. The molecule has 2 aromatic rings. The largest absolute Gasteiger partial charge is 0.489 e. The fourth-order valence-corrected chi connectivity index (χ4v) is 4.35. The zero-order chi connectivity index (χ0) is 26.3. The van der Waals surface area contributed by atoms with Gasteiger partial charge < -0.3 is 24.6 Å². The van der Waals surface area contributed by atoms with Crippen LogP contribution in [0, 0.1) is 0 Å². The number of nitrogens with zero attached hydrogens (tertiary/aromatic N) is 2. The molecule has 0 aliphatic carbocycles. The van der Waals surface area contributed by atoms with Gasteiger partial charge in [0.2, 0.25) is 11.8 Å². The average Bonchev–Trinajstić information content (AvgIpc) is 3.20. The second-order valence-electron chi connectivity index (χ2n) is 8.51. The Hall–Kier alpha value is -3.65. The van der Waals surface area contributed by atoms with Gasteiger partial charge in [-0.1, -0.05) is 36.9 Å². The molecular weight excluding hydrogens is 434 g/mol. The zero-order valence-corrected chi connectivity index (χ0v) is 18.6. The van der Waals surface area contributed by atoms with Crippen molar-refractivity contribution in [2.75, 3.05) is 19.7 Å². The van der Waals surface area contributed by atoms with Crippen molar-refractivity contribution in [3.63, 3.8) is 0 Å². The van der Waals surface area contributed by atoms with Crippen molar-refractivity contribution >= 4 is 17.7 Å². The number of carbonyl (C=O) groups excluding carboxylic acids is 3. The van der Waals surface area contributed by atoms with Crippen molar-refractivity contribution in [1.82, 2.24) is 15.1 Å². The fraction of sp³-hybridized carbons (Fsp3) is 0.346. The van der Waals surface area contributed by atoms with E-state index in [9.17, 15) is 14.4 Å². The first kappa shape index (κ1) is 18.7. The molecule has 8 nitrogen and oxygen atoms in total. The molecule has 2 saturated heterocycles. The van der Waals surface area contributed by atoms with Gasteiger partial charge in [-0.25, -0.2) is 0 Å². The second-order valence-corrected chi connectivity index (χ2v) is 8.51. The van der Waals surface area contributed by atoms with E-state index in [1.165, 1.54) is 0 Å². The third-order valence-corrected chi connectivity index (χ3v) is 6.21. The Kier molecular flexibility index (Phi) is 5.13. The number of fused-ring (bicyclic) bond motifs is 1. The van der Waals surface area contributed by atoms with E-state index in [2.05, 4.69) is 11.9 Å². The van der Waals surface area contributed by atoms with Crippen LogP contribution in [0.2, 0.25) is 0 Å². The van der Waals surface area contributed by atoms with Crippen LogP contribution in [0.15, 0.2) is 54.7 Å². The number of hydrogen-bond donors (Lipinski definition) is 1. The molecule has 0 saturated carbocycles. The molecule has 2 aromatic carbocycles. The van der Waals surface area contributed by atoms with Crippen LogP contribution >= 0.6 is 0 Å². The molecule has 3 amide bonds. The average molecular weight is 465 g/mol. The molecular formula is C26H27N3O5. The lowest BCUT2D eigenvalue weighted by Gasteiger charge is -2.31. The van der Waals surface area contributed by atoms with Crippen molar-refractivity contribution < 1.29 is 28.0 Å². The Morgan fingerprint density at radius 3 is 2.74 bits per heavy atom. The first-order valence-electron chi connectivity index (χ1n) is 12.7. The van der Waals surface area contributed by atoms with E-state index in [4.69, 9.17) is 13.6 Å². The van der Waals surface area contributed by atoms with E-state index in [0.29, 0.717) is 42.0 Å². The van der Waals surface area contributed by atoms with Crippen molar-refractivity contribution in [2.24, 2.45) is 0 Å². The monoisotopic (exact) mass is 464 g/mol. The van der Waals surface area contributed by atoms with Crippen LogP contribution in [0.5, 0.6) is 5.75 Å². The van der Waals surface area contributed by atoms with Crippen molar-refractivity contribution in [3.8, 4) is 5.75 Å². The quantitative estimate of drug-likeness (QED) is 0.709. The number of morpholine rings is 1.